The molecule has 0 fully saturated rings. The molecule has 6 heteroatoms. The second-order valence-corrected chi connectivity index (χ2v) is 4.71. The highest BCUT2D eigenvalue weighted by Crippen LogP contribution is 2.35. The topological polar surface area (TPSA) is 78.6 Å². The lowest BCUT2D eigenvalue weighted by Gasteiger charge is -2.14. The van der Waals surface area contributed by atoms with Crippen molar-refractivity contribution in [2.45, 2.75) is 18.2 Å². The van der Waals surface area contributed by atoms with Crippen molar-refractivity contribution in [3.05, 3.63) is 17.7 Å². The van der Waals surface area contributed by atoms with Gasteiger partial charge in [0.1, 0.15) is 0 Å². The molecule has 16 heavy (non-hydrogen) atoms. The van der Waals surface area contributed by atoms with Crippen LogP contribution >= 0.6 is 0 Å². The standard InChI is InChI=1S/C10H15NO4S/c1-4-7-9(16(11,12)13)6-5-8(14-2)10(7)15-3/h5-6H,4H2,1-3H3,(H2,11,12,13). The first kappa shape index (κ1) is 12.8. The molecule has 0 radical (unpaired) electrons. The molecule has 0 heterocycles. The van der Waals surface area contributed by atoms with Gasteiger partial charge in [0.05, 0.1) is 19.1 Å². The summed E-state index contributed by atoms with van der Waals surface area (Å²) in [6.07, 6.45) is 0.492. The van der Waals surface area contributed by atoms with Gasteiger partial charge in [0.2, 0.25) is 10.0 Å². The van der Waals surface area contributed by atoms with E-state index in [-0.39, 0.29) is 4.90 Å². The third kappa shape index (κ3) is 2.28. The molecule has 0 saturated heterocycles. The number of hydrogen-bond donors (Lipinski definition) is 1. The van der Waals surface area contributed by atoms with Crippen molar-refractivity contribution in [1.29, 1.82) is 0 Å². The first-order valence-electron chi connectivity index (χ1n) is 4.72. The monoisotopic (exact) mass is 245 g/mol. The number of nitrogens with two attached hydrogens (primary N) is 1. The van der Waals surface area contributed by atoms with E-state index in [2.05, 4.69) is 0 Å². The fourth-order valence-electron chi connectivity index (χ4n) is 1.57. The molecule has 0 aliphatic carbocycles. The predicted octanol–water partition coefficient (Wildman–Crippen LogP) is 0.914. The van der Waals surface area contributed by atoms with Crippen molar-refractivity contribution in [2.24, 2.45) is 5.14 Å². The fourth-order valence-corrected chi connectivity index (χ4v) is 2.41. The highest BCUT2D eigenvalue weighted by atomic mass is 32.2. The maximum absolute atomic E-state index is 11.4. The normalized spacial score (nSPS) is 11.2. The van der Waals surface area contributed by atoms with Gasteiger partial charge >= 0.3 is 0 Å². The van der Waals surface area contributed by atoms with E-state index in [9.17, 15) is 8.42 Å². The van der Waals surface area contributed by atoms with Crippen molar-refractivity contribution in [3.63, 3.8) is 0 Å². The Morgan fingerprint density at radius 1 is 1.25 bits per heavy atom. The van der Waals surface area contributed by atoms with Crippen LogP contribution in [0.4, 0.5) is 0 Å². The number of rotatable bonds is 4. The maximum Gasteiger partial charge on any atom is 0.238 e. The molecule has 0 bridgehead atoms. The Labute approximate surface area is 95.2 Å². The molecule has 0 aliphatic heterocycles. The van der Waals surface area contributed by atoms with Gasteiger partial charge in [0, 0.05) is 5.56 Å². The smallest absolute Gasteiger partial charge is 0.238 e. The van der Waals surface area contributed by atoms with Crippen LogP contribution in [0.15, 0.2) is 17.0 Å². The van der Waals surface area contributed by atoms with E-state index in [0.29, 0.717) is 23.5 Å². The molecule has 1 aromatic carbocycles. The Balaban J connectivity index is 3.56. The number of ether oxygens (including phenoxy) is 2. The number of hydrogen-bond acceptors (Lipinski definition) is 4. The van der Waals surface area contributed by atoms with Gasteiger partial charge in [-0.25, -0.2) is 13.6 Å². The lowest BCUT2D eigenvalue weighted by atomic mass is 10.1. The third-order valence-electron chi connectivity index (χ3n) is 2.27. The molecule has 1 rings (SSSR count). The largest absolute Gasteiger partial charge is 0.493 e. The quantitative estimate of drug-likeness (QED) is 0.855. The van der Waals surface area contributed by atoms with E-state index in [1.807, 2.05) is 6.92 Å². The maximum atomic E-state index is 11.4. The second-order valence-electron chi connectivity index (χ2n) is 3.18. The minimum Gasteiger partial charge on any atom is -0.493 e. The lowest BCUT2D eigenvalue weighted by Crippen LogP contribution is -2.15. The van der Waals surface area contributed by atoms with Gasteiger partial charge in [-0.2, -0.15) is 0 Å². The molecule has 0 aromatic heterocycles. The summed E-state index contributed by atoms with van der Waals surface area (Å²) < 4.78 is 33.0. The highest BCUT2D eigenvalue weighted by molar-refractivity contribution is 7.89. The molecular weight excluding hydrogens is 230 g/mol. The summed E-state index contributed by atoms with van der Waals surface area (Å²) in [6, 6.07) is 2.95. The Hall–Kier alpha value is -1.27. The van der Waals surface area contributed by atoms with Crippen molar-refractivity contribution in [2.75, 3.05) is 14.2 Å². The van der Waals surface area contributed by atoms with Gasteiger partial charge in [-0.05, 0) is 18.6 Å². The molecule has 0 aliphatic rings. The minimum atomic E-state index is -3.74. The van der Waals surface area contributed by atoms with Gasteiger partial charge < -0.3 is 9.47 Å². The summed E-state index contributed by atoms with van der Waals surface area (Å²) >= 11 is 0. The average molecular weight is 245 g/mol. The van der Waals surface area contributed by atoms with Crippen molar-refractivity contribution >= 4 is 10.0 Å². The zero-order chi connectivity index (χ0) is 12.3. The van der Waals surface area contributed by atoms with Crippen LogP contribution in [-0.2, 0) is 16.4 Å². The van der Waals surface area contributed by atoms with Crippen LogP contribution in [0.3, 0.4) is 0 Å². The van der Waals surface area contributed by atoms with Gasteiger partial charge in [-0.3, -0.25) is 0 Å². The Morgan fingerprint density at radius 3 is 2.25 bits per heavy atom. The van der Waals surface area contributed by atoms with Crippen LogP contribution in [0, 0.1) is 0 Å². The van der Waals surface area contributed by atoms with Crippen LogP contribution in [0.5, 0.6) is 11.5 Å². The van der Waals surface area contributed by atoms with E-state index >= 15 is 0 Å². The van der Waals surface area contributed by atoms with Crippen molar-refractivity contribution in [1.82, 2.24) is 0 Å². The van der Waals surface area contributed by atoms with E-state index < -0.39 is 10.0 Å². The average Bonchev–Trinajstić information content (AvgIpc) is 2.25. The minimum absolute atomic E-state index is 0.0765. The van der Waals surface area contributed by atoms with Crippen LogP contribution in [0.2, 0.25) is 0 Å². The molecule has 0 atom stereocenters. The summed E-state index contributed by atoms with van der Waals surface area (Å²) in [5, 5.41) is 5.12. The third-order valence-corrected chi connectivity index (χ3v) is 3.26. The fraction of sp³-hybridized carbons (Fsp3) is 0.400. The van der Waals surface area contributed by atoms with Gasteiger partial charge in [0.15, 0.2) is 11.5 Å². The van der Waals surface area contributed by atoms with Gasteiger partial charge in [-0.15, -0.1) is 0 Å². The first-order chi connectivity index (χ1) is 7.45. The number of benzene rings is 1. The Bertz CT molecular complexity index is 482. The zero-order valence-corrected chi connectivity index (χ0v) is 10.3. The summed E-state index contributed by atoms with van der Waals surface area (Å²) in [5.74, 6) is 0.906. The molecule has 2 N–H and O–H groups in total. The molecule has 1 aromatic rings. The number of sulfonamides is 1. The van der Waals surface area contributed by atoms with Crippen LogP contribution in [-0.4, -0.2) is 22.6 Å². The molecule has 0 unspecified atom stereocenters. The van der Waals surface area contributed by atoms with Crippen LogP contribution < -0.4 is 14.6 Å². The zero-order valence-electron chi connectivity index (χ0n) is 9.48. The molecule has 0 saturated carbocycles. The molecule has 90 valence electrons. The number of primary sulfonamides is 1. The van der Waals surface area contributed by atoms with E-state index in [1.54, 1.807) is 0 Å². The predicted molar refractivity (Wildman–Crippen MR) is 60.3 cm³/mol. The second kappa shape index (κ2) is 4.71. The first-order valence-corrected chi connectivity index (χ1v) is 6.27. The highest BCUT2D eigenvalue weighted by Gasteiger charge is 2.19. The molecule has 0 amide bonds. The lowest BCUT2D eigenvalue weighted by molar-refractivity contribution is 0.350. The van der Waals surface area contributed by atoms with E-state index in [4.69, 9.17) is 14.6 Å². The van der Waals surface area contributed by atoms with E-state index in [0.717, 1.165) is 0 Å². The Morgan fingerprint density at radius 2 is 1.88 bits per heavy atom. The molecular formula is C10H15NO4S. The van der Waals surface area contributed by atoms with E-state index in [1.165, 1.54) is 26.4 Å². The number of methoxy groups -OCH3 is 2. The van der Waals surface area contributed by atoms with Crippen molar-refractivity contribution in [3.8, 4) is 11.5 Å². The SMILES string of the molecule is CCc1c(S(N)(=O)=O)ccc(OC)c1OC. The van der Waals surface area contributed by atoms with Crippen molar-refractivity contribution < 1.29 is 17.9 Å². The van der Waals surface area contributed by atoms with Crippen LogP contribution in [0.25, 0.3) is 0 Å². The summed E-state index contributed by atoms with van der Waals surface area (Å²) in [4.78, 5) is 0.0765. The van der Waals surface area contributed by atoms with Gasteiger partial charge in [0.25, 0.3) is 0 Å². The van der Waals surface area contributed by atoms with Gasteiger partial charge in [-0.1, -0.05) is 6.92 Å². The van der Waals surface area contributed by atoms with Crippen LogP contribution in [0.1, 0.15) is 12.5 Å². The summed E-state index contributed by atoms with van der Waals surface area (Å²) in [5.41, 5.74) is 0.532. The summed E-state index contributed by atoms with van der Waals surface area (Å²) in [6.45, 7) is 1.83. The Kier molecular flexibility index (Phi) is 3.77. The molecule has 0 spiro atoms. The molecule has 5 nitrogen and oxygen atoms in total. The summed E-state index contributed by atoms with van der Waals surface area (Å²) in [7, 11) is -0.783.